The Morgan fingerprint density at radius 2 is 1.81 bits per heavy atom. The summed E-state index contributed by atoms with van der Waals surface area (Å²) in [4.78, 5) is 23.8. The lowest BCUT2D eigenvalue weighted by atomic mass is 9.80. The number of aromatic hydroxyl groups is 1. The lowest BCUT2D eigenvalue weighted by molar-refractivity contribution is -0.118. The number of amides is 2. The average Bonchev–Trinajstić information content (AvgIpc) is 2.86. The summed E-state index contributed by atoms with van der Waals surface area (Å²) in [5.74, 6) is 0.886. The highest BCUT2D eigenvalue weighted by Crippen LogP contribution is 2.43. The molecule has 1 aliphatic heterocycles. The maximum absolute atomic E-state index is 12.2. The Morgan fingerprint density at radius 1 is 1.11 bits per heavy atom. The number of nitrogens with one attached hydrogen (secondary N) is 2. The summed E-state index contributed by atoms with van der Waals surface area (Å²) in [6.07, 6.45) is 7.27. The van der Waals surface area contributed by atoms with Gasteiger partial charge in [0.1, 0.15) is 11.4 Å². The number of carbonyl (C=O) groups is 2. The number of ether oxygens (including phenoxy) is 1. The fraction of sp³-hybridized carbons (Fsp3) is 0.517. The SMILES string of the molecule is CC(C)(CCC(O)c1ccc(O)c2c1OCC(=O)N2)Cc1ccc(NC(=O)CCCCCCCS)cc1. The molecule has 2 aromatic carbocycles. The number of fused-ring (bicyclic) bond motifs is 1. The van der Waals surface area contributed by atoms with Gasteiger partial charge in [0, 0.05) is 17.7 Å². The molecular weight excluding hydrogens is 488 g/mol. The van der Waals surface area contributed by atoms with E-state index in [9.17, 15) is 19.8 Å². The first-order valence-corrected chi connectivity index (χ1v) is 13.8. The number of aliphatic hydroxyl groups excluding tert-OH is 1. The Balaban J connectivity index is 1.47. The van der Waals surface area contributed by atoms with Gasteiger partial charge < -0.3 is 25.6 Å². The van der Waals surface area contributed by atoms with E-state index >= 15 is 0 Å². The Bertz CT molecular complexity index is 1060. The molecule has 0 saturated heterocycles. The largest absolute Gasteiger partial charge is 0.506 e. The summed E-state index contributed by atoms with van der Waals surface area (Å²) in [5, 5.41) is 26.5. The van der Waals surface area contributed by atoms with E-state index < -0.39 is 6.10 Å². The van der Waals surface area contributed by atoms with Gasteiger partial charge >= 0.3 is 0 Å². The van der Waals surface area contributed by atoms with Gasteiger partial charge in [-0.2, -0.15) is 12.6 Å². The van der Waals surface area contributed by atoms with Crippen LogP contribution in [0.4, 0.5) is 11.4 Å². The summed E-state index contributed by atoms with van der Waals surface area (Å²) in [6, 6.07) is 11.1. The molecule has 2 aromatic rings. The molecule has 0 bridgehead atoms. The zero-order valence-corrected chi connectivity index (χ0v) is 22.8. The molecule has 1 atom stereocenters. The van der Waals surface area contributed by atoms with E-state index in [0.717, 1.165) is 55.5 Å². The van der Waals surface area contributed by atoms with Gasteiger partial charge in [-0.1, -0.05) is 45.2 Å². The molecule has 0 aliphatic carbocycles. The molecule has 4 N–H and O–H groups in total. The summed E-state index contributed by atoms with van der Waals surface area (Å²) in [6.45, 7) is 4.18. The molecule has 8 heteroatoms. The minimum atomic E-state index is -0.788. The number of aliphatic hydroxyl groups is 1. The number of phenols is 1. The highest BCUT2D eigenvalue weighted by molar-refractivity contribution is 7.80. The third-order valence-electron chi connectivity index (χ3n) is 6.71. The zero-order valence-electron chi connectivity index (χ0n) is 21.9. The first-order chi connectivity index (χ1) is 17.7. The van der Waals surface area contributed by atoms with Gasteiger partial charge in [0.05, 0.1) is 6.10 Å². The van der Waals surface area contributed by atoms with Crippen LogP contribution in [-0.4, -0.2) is 34.4 Å². The van der Waals surface area contributed by atoms with Crippen molar-refractivity contribution in [2.24, 2.45) is 5.41 Å². The van der Waals surface area contributed by atoms with Crippen LogP contribution in [0.25, 0.3) is 0 Å². The van der Waals surface area contributed by atoms with Gasteiger partial charge in [0.25, 0.3) is 5.91 Å². The highest BCUT2D eigenvalue weighted by atomic mass is 32.1. The van der Waals surface area contributed by atoms with Crippen molar-refractivity contribution in [3.05, 3.63) is 47.5 Å². The second-order valence-corrected chi connectivity index (χ2v) is 11.0. The van der Waals surface area contributed by atoms with Crippen molar-refractivity contribution < 1.29 is 24.5 Å². The number of hydrogen-bond donors (Lipinski definition) is 5. The number of hydrogen-bond acceptors (Lipinski definition) is 6. The van der Waals surface area contributed by atoms with Crippen LogP contribution in [-0.2, 0) is 16.0 Å². The van der Waals surface area contributed by atoms with E-state index in [2.05, 4.69) is 37.1 Å². The van der Waals surface area contributed by atoms with E-state index in [1.807, 2.05) is 24.3 Å². The van der Waals surface area contributed by atoms with Gasteiger partial charge in [-0.25, -0.2) is 0 Å². The van der Waals surface area contributed by atoms with Crippen LogP contribution in [0.2, 0.25) is 0 Å². The molecule has 0 fully saturated rings. The van der Waals surface area contributed by atoms with Crippen LogP contribution in [0.3, 0.4) is 0 Å². The number of anilines is 2. The number of thiol groups is 1. The topological polar surface area (TPSA) is 108 Å². The molecular formula is C29H40N2O5S. The van der Waals surface area contributed by atoms with E-state index in [1.165, 1.54) is 12.5 Å². The lowest BCUT2D eigenvalue weighted by Gasteiger charge is -2.28. The van der Waals surface area contributed by atoms with Crippen molar-refractivity contribution in [3.63, 3.8) is 0 Å². The first kappa shape index (κ1) is 28.9. The minimum absolute atomic E-state index is 0.0521. The molecule has 1 unspecified atom stereocenters. The lowest BCUT2D eigenvalue weighted by Crippen LogP contribution is -2.26. The summed E-state index contributed by atoms with van der Waals surface area (Å²) in [5.41, 5.74) is 2.66. The third-order valence-corrected chi connectivity index (χ3v) is 7.03. The molecule has 1 aliphatic rings. The Morgan fingerprint density at radius 3 is 2.54 bits per heavy atom. The van der Waals surface area contributed by atoms with E-state index in [0.29, 0.717) is 24.2 Å². The van der Waals surface area contributed by atoms with Crippen molar-refractivity contribution in [1.82, 2.24) is 0 Å². The van der Waals surface area contributed by atoms with Crippen molar-refractivity contribution in [2.45, 2.75) is 77.7 Å². The fourth-order valence-corrected chi connectivity index (χ4v) is 4.84. The third kappa shape index (κ3) is 8.97. The predicted molar refractivity (Wildman–Crippen MR) is 151 cm³/mol. The van der Waals surface area contributed by atoms with Gasteiger partial charge in [-0.3, -0.25) is 9.59 Å². The predicted octanol–water partition coefficient (Wildman–Crippen LogP) is 6.01. The molecule has 0 saturated carbocycles. The monoisotopic (exact) mass is 528 g/mol. The summed E-state index contributed by atoms with van der Waals surface area (Å²) >= 11 is 4.22. The molecule has 0 radical (unpaired) electrons. The smallest absolute Gasteiger partial charge is 0.262 e. The van der Waals surface area contributed by atoms with Crippen LogP contribution in [0.15, 0.2) is 36.4 Å². The maximum atomic E-state index is 12.2. The number of rotatable bonds is 14. The normalized spacial score (nSPS) is 13.9. The van der Waals surface area contributed by atoms with Crippen LogP contribution < -0.4 is 15.4 Å². The van der Waals surface area contributed by atoms with Gasteiger partial charge in [0.2, 0.25) is 5.91 Å². The summed E-state index contributed by atoms with van der Waals surface area (Å²) in [7, 11) is 0. The second-order valence-electron chi connectivity index (χ2n) is 10.6. The molecule has 1 heterocycles. The molecule has 2 amide bonds. The number of carbonyl (C=O) groups excluding carboxylic acids is 2. The molecule has 37 heavy (non-hydrogen) atoms. The van der Waals surface area contributed by atoms with Gasteiger partial charge in [-0.15, -0.1) is 0 Å². The van der Waals surface area contributed by atoms with E-state index in [-0.39, 0.29) is 35.3 Å². The van der Waals surface area contributed by atoms with Crippen molar-refractivity contribution in [3.8, 4) is 11.5 Å². The molecule has 0 aromatic heterocycles. The van der Waals surface area contributed by atoms with Gasteiger partial charge in [-0.05, 0) is 73.1 Å². The fourth-order valence-electron chi connectivity index (χ4n) is 4.62. The Kier molecular flexibility index (Phi) is 10.7. The molecule has 202 valence electrons. The van der Waals surface area contributed by atoms with Crippen molar-refractivity contribution in [2.75, 3.05) is 23.0 Å². The second kappa shape index (κ2) is 13.7. The van der Waals surface area contributed by atoms with Crippen molar-refractivity contribution >= 4 is 35.8 Å². The average molecular weight is 529 g/mol. The van der Waals surface area contributed by atoms with Gasteiger partial charge in [0.15, 0.2) is 12.4 Å². The number of benzene rings is 2. The standard InChI is InChI=1S/C29H40N2O5S/c1-29(2,16-15-23(32)22-13-14-24(33)27-28(22)36-19-26(35)31-27)18-20-9-11-21(12-10-20)30-25(34)8-6-4-3-5-7-17-37/h9-14,23,32-33,37H,3-8,15-19H2,1-2H3,(H,30,34)(H,31,35). The van der Waals surface area contributed by atoms with Crippen LogP contribution >= 0.6 is 12.6 Å². The molecule has 7 nitrogen and oxygen atoms in total. The van der Waals surface area contributed by atoms with Crippen LogP contribution in [0.1, 0.15) is 82.4 Å². The zero-order chi connectivity index (χ0) is 26.8. The van der Waals surface area contributed by atoms with E-state index in [1.54, 1.807) is 6.07 Å². The van der Waals surface area contributed by atoms with Crippen LogP contribution in [0, 0.1) is 5.41 Å². The maximum Gasteiger partial charge on any atom is 0.262 e. The van der Waals surface area contributed by atoms with Crippen molar-refractivity contribution in [1.29, 1.82) is 0 Å². The minimum Gasteiger partial charge on any atom is -0.506 e. The summed E-state index contributed by atoms with van der Waals surface area (Å²) < 4.78 is 5.51. The molecule has 3 rings (SSSR count). The Labute approximate surface area is 225 Å². The quantitative estimate of drug-likeness (QED) is 0.117. The number of unbranched alkanes of at least 4 members (excludes halogenated alkanes) is 4. The Hall–Kier alpha value is -2.71. The molecule has 0 spiro atoms. The van der Waals surface area contributed by atoms with E-state index in [4.69, 9.17) is 4.74 Å². The highest BCUT2D eigenvalue weighted by Gasteiger charge is 2.27. The number of phenolic OH excluding ortho intramolecular Hbond substituents is 1. The van der Waals surface area contributed by atoms with Crippen LogP contribution in [0.5, 0.6) is 11.5 Å². The first-order valence-electron chi connectivity index (χ1n) is 13.1.